The summed E-state index contributed by atoms with van der Waals surface area (Å²) in [5, 5.41) is 13.1. The van der Waals surface area contributed by atoms with E-state index in [9.17, 15) is 9.90 Å². The number of hydrogen-bond donors (Lipinski definition) is 2. The number of hydrogen-bond acceptors (Lipinski definition) is 4. The first-order valence-corrected chi connectivity index (χ1v) is 7.80. The van der Waals surface area contributed by atoms with Gasteiger partial charge in [-0.3, -0.25) is 4.79 Å². The van der Waals surface area contributed by atoms with Gasteiger partial charge in [0.25, 0.3) is 5.91 Å². The second-order valence-corrected chi connectivity index (χ2v) is 5.59. The molecular formula is C19H23NO4. The van der Waals surface area contributed by atoms with E-state index in [1.807, 2.05) is 30.3 Å². The first-order chi connectivity index (χ1) is 11.5. The third kappa shape index (κ3) is 4.49. The minimum atomic E-state index is -0.687. The van der Waals surface area contributed by atoms with Crippen LogP contribution in [0, 0.1) is 0 Å². The maximum atomic E-state index is 12.5. The predicted octanol–water partition coefficient (Wildman–Crippen LogP) is 2.43. The van der Waals surface area contributed by atoms with E-state index in [4.69, 9.17) is 9.47 Å². The highest BCUT2D eigenvalue weighted by molar-refractivity contribution is 5.97. The molecule has 0 aliphatic heterocycles. The van der Waals surface area contributed by atoms with Gasteiger partial charge < -0.3 is 19.9 Å². The van der Waals surface area contributed by atoms with Crippen molar-refractivity contribution in [2.24, 2.45) is 0 Å². The summed E-state index contributed by atoms with van der Waals surface area (Å²) in [6.45, 7) is 1.78. The van der Waals surface area contributed by atoms with Crippen LogP contribution >= 0.6 is 0 Å². The Morgan fingerprint density at radius 1 is 1.12 bits per heavy atom. The fourth-order valence-corrected chi connectivity index (χ4v) is 2.40. The van der Waals surface area contributed by atoms with Crippen molar-refractivity contribution in [1.29, 1.82) is 0 Å². The Kier molecular flexibility index (Phi) is 6.21. The van der Waals surface area contributed by atoms with Gasteiger partial charge in [0.2, 0.25) is 0 Å². The van der Waals surface area contributed by atoms with Crippen LogP contribution < -0.4 is 14.8 Å². The van der Waals surface area contributed by atoms with Gasteiger partial charge in [0, 0.05) is 6.42 Å². The van der Waals surface area contributed by atoms with Crippen molar-refractivity contribution in [2.45, 2.75) is 25.5 Å². The predicted molar refractivity (Wildman–Crippen MR) is 92.6 cm³/mol. The van der Waals surface area contributed by atoms with Crippen LogP contribution in [0.3, 0.4) is 0 Å². The van der Waals surface area contributed by atoms with E-state index in [0.717, 1.165) is 5.56 Å². The van der Waals surface area contributed by atoms with Crippen LogP contribution in [0.25, 0.3) is 0 Å². The van der Waals surface area contributed by atoms with Gasteiger partial charge in [-0.1, -0.05) is 30.3 Å². The molecule has 128 valence electrons. The summed E-state index contributed by atoms with van der Waals surface area (Å²) in [6, 6.07) is 14.3. The molecule has 5 nitrogen and oxygen atoms in total. The van der Waals surface area contributed by atoms with E-state index < -0.39 is 12.1 Å². The molecule has 2 aromatic rings. The van der Waals surface area contributed by atoms with Crippen molar-refractivity contribution in [2.75, 3.05) is 14.2 Å². The molecule has 0 heterocycles. The number of ether oxygens (including phenoxy) is 2. The molecule has 0 bridgehead atoms. The van der Waals surface area contributed by atoms with Crippen LogP contribution in [0.2, 0.25) is 0 Å². The number of benzene rings is 2. The van der Waals surface area contributed by atoms with E-state index >= 15 is 0 Å². The molecule has 0 saturated carbocycles. The Morgan fingerprint density at radius 3 is 2.46 bits per heavy atom. The van der Waals surface area contributed by atoms with Gasteiger partial charge in [0.15, 0.2) is 0 Å². The summed E-state index contributed by atoms with van der Waals surface area (Å²) in [4.78, 5) is 12.5. The smallest absolute Gasteiger partial charge is 0.255 e. The van der Waals surface area contributed by atoms with Crippen LogP contribution in [-0.2, 0) is 6.42 Å². The van der Waals surface area contributed by atoms with Crippen LogP contribution in [0.4, 0.5) is 0 Å². The first kappa shape index (κ1) is 17.8. The average Bonchev–Trinajstić information content (AvgIpc) is 2.61. The number of rotatable bonds is 7. The second kappa shape index (κ2) is 8.36. The molecule has 2 N–H and O–H groups in total. The van der Waals surface area contributed by atoms with Crippen LogP contribution in [-0.4, -0.2) is 37.4 Å². The third-order valence-corrected chi connectivity index (χ3v) is 3.87. The number of aliphatic hydroxyl groups excluding tert-OH is 1. The van der Waals surface area contributed by atoms with Gasteiger partial charge in [-0.25, -0.2) is 0 Å². The van der Waals surface area contributed by atoms with Crippen molar-refractivity contribution in [3.05, 3.63) is 59.7 Å². The van der Waals surface area contributed by atoms with E-state index in [-0.39, 0.29) is 5.91 Å². The maximum absolute atomic E-state index is 12.5. The lowest BCUT2D eigenvalue weighted by molar-refractivity contribution is 0.0848. The van der Waals surface area contributed by atoms with Gasteiger partial charge in [-0.2, -0.15) is 0 Å². The van der Waals surface area contributed by atoms with Crippen LogP contribution in [0.1, 0.15) is 22.8 Å². The third-order valence-electron chi connectivity index (χ3n) is 3.87. The standard InChI is InChI=1S/C19H23NO4/c1-13(17(21)11-14-7-5-4-6-8-14)20-19(22)16-12-15(23-2)9-10-18(16)24-3/h4-10,12-13,17,21H,11H2,1-3H3,(H,20,22). The van der Waals surface area contributed by atoms with Gasteiger partial charge in [0.05, 0.1) is 31.9 Å². The lowest BCUT2D eigenvalue weighted by Crippen LogP contribution is -2.42. The zero-order valence-electron chi connectivity index (χ0n) is 14.2. The molecule has 2 unspecified atom stereocenters. The minimum absolute atomic E-state index is 0.314. The fraction of sp³-hybridized carbons (Fsp3) is 0.316. The number of aliphatic hydroxyl groups is 1. The van der Waals surface area contributed by atoms with Crippen LogP contribution in [0.15, 0.2) is 48.5 Å². The number of carbonyl (C=O) groups excluding carboxylic acids is 1. The first-order valence-electron chi connectivity index (χ1n) is 7.80. The van der Waals surface area contributed by atoms with Crippen LogP contribution in [0.5, 0.6) is 11.5 Å². The summed E-state index contributed by atoms with van der Waals surface area (Å²) in [6.07, 6.45) is -0.217. The Bertz CT molecular complexity index is 672. The summed E-state index contributed by atoms with van der Waals surface area (Å²) in [5.41, 5.74) is 1.39. The van der Waals surface area contributed by atoms with Crippen molar-refractivity contribution in [3.63, 3.8) is 0 Å². The molecule has 0 saturated heterocycles. The molecular weight excluding hydrogens is 306 g/mol. The lowest BCUT2D eigenvalue weighted by atomic mass is 10.0. The van der Waals surface area contributed by atoms with E-state index in [0.29, 0.717) is 23.5 Å². The molecule has 5 heteroatoms. The Hall–Kier alpha value is -2.53. The molecule has 2 rings (SSSR count). The molecule has 0 spiro atoms. The maximum Gasteiger partial charge on any atom is 0.255 e. The molecule has 1 amide bonds. The van der Waals surface area contributed by atoms with E-state index in [1.165, 1.54) is 14.2 Å². The highest BCUT2D eigenvalue weighted by Crippen LogP contribution is 2.24. The van der Waals surface area contributed by atoms with Crippen molar-refractivity contribution < 1.29 is 19.4 Å². The van der Waals surface area contributed by atoms with Gasteiger partial charge >= 0.3 is 0 Å². The average molecular weight is 329 g/mol. The van der Waals surface area contributed by atoms with E-state index in [1.54, 1.807) is 25.1 Å². The zero-order chi connectivity index (χ0) is 17.5. The lowest BCUT2D eigenvalue weighted by Gasteiger charge is -2.21. The summed E-state index contributed by atoms with van der Waals surface area (Å²) < 4.78 is 10.4. The summed E-state index contributed by atoms with van der Waals surface area (Å²) >= 11 is 0. The molecule has 0 aliphatic carbocycles. The normalized spacial score (nSPS) is 13.0. The SMILES string of the molecule is COc1ccc(OC)c(C(=O)NC(C)C(O)Cc2ccccc2)c1. The molecule has 24 heavy (non-hydrogen) atoms. The fourth-order valence-electron chi connectivity index (χ4n) is 2.40. The zero-order valence-corrected chi connectivity index (χ0v) is 14.2. The van der Waals surface area contributed by atoms with Gasteiger partial charge in [0.1, 0.15) is 11.5 Å². The topological polar surface area (TPSA) is 67.8 Å². The number of methoxy groups -OCH3 is 2. The Labute approximate surface area is 142 Å². The number of carbonyl (C=O) groups is 1. The van der Waals surface area contributed by atoms with Crippen molar-refractivity contribution >= 4 is 5.91 Å². The molecule has 0 aromatic heterocycles. The number of amides is 1. The molecule has 2 atom stereocenters. The van der Waals surface area contributed by atoms with Crippen molar-refractivity contribution in [3.8, 4) is 11.5 Å². The minimum Gasteiger partial charge on any atom is -0.497 e. The van der Waals surface area contributed by atoms with E-state index in [2.05, 4.69) is 5.32 Å². The summed E-state index contributed by atoms with van der Waals surface area (Å²) in [5.74, 6) is 0.710. The highest BCUT2D eigenvalue weighted by Gasteiger charge is 2.20. The highest BCUT2D eigenvalue weighted by atomic mass is 16.5. The largest absolute Gasteiger partial charge is 0.497 e. The quantitative estimate of drug-likeness (QED) is 0.819. The Morgan fingerprint density at radius 2 is 1.83 bits per heavy atom. The molecule has 0 radical (unpaired) electrons. The number of nitrogens with one attached hydrogen (secondary N) is 1. The second-order valence-electron chi connectivity index (χ2n) is 5.59. The van der Waals surface area contributed by atoms with Gasteiger partial charge in [-0.15, -0.1) is 0 Å². The molecule has 0 fully saturated rings. The Balaban J connectivity index is 2.05. The van der Waals surface area contributed by atoms with Gasteiger partial charge in [-0.05, 0) is 30.7 Å². The monoisotopic (exact) mass is 329 g/mol. The molecule has 2 aromatic carbocycles. The van der Waals surface area contributed by atoms with Crippen molar-refractivity contribution in [1.82, 2.24) is 5.32 Å². The molecule has 0 aliphatic rings. The summed E-state index contributed by atoms with van der Waals surface area (Å²) in [7, 11) is 3.04.